The van der Waals surface area contributed by atoms with Gasteiger partial charge < -0.3 is 10.2 Å². The molecule has 2 heterocycles. The summed E-state index contributed by atoms with van der Waals surface area (Å²) in [6.45, 7) is 6.12. The predicted octanol–water partition coefficient (Wildman–Crippen LogP) is 3.79. The molecular formula is C25H26N4O3. The molecular weight excluding hydrogens is 404 g/mol. The maximum Gasteiger partial charge on any atom is 0.270 e. The first-order chi connectivity index (χ1) is 15.3. The number of carbonyl (C=O) groups excluding carboxylic acids is 3. The minimum atomic E-state index is -0.453. The average molecular weight is 431 g/mol. The number of aromatic nitrogens is 1. The molecule has 7 nitrogen and oxygen atoms in total. The average Bonchev–Trinajstić information content (AvgIpc) is 3.31. The number of aryl methyl sites for hydroxylation is 3. The summed E-state index contributed by atoms with van der Waals surface area (Å²) in [5, 5.41) is 2.86. The van der Waals surface area contributed by atoms with Gasteiger partial charge in [-0.05, 0) is 68.8 Å². The smallest absolute Gasteiger partial charge is 0.270 e. The molecule has 0 saturated carbocycles. The number of amides is 3. The van der Waals surface area contributed by atoms with E-state index in [2.05, 4.69) is 10.7 Å². The molecule has 2 aromatic carbocycles. The fourth-order valence-corrected chi connectivity index (χ4v) is 3.92. The van der Waals surface area contributed by atoms with Gasteiger partial charge in [-0.25, -0.2) is 0 Å². The van der Waals surface area contributed by atoms with Crippen LogP contribution in [0.2, 0.25) is 0 Å². The van der Waals surface area contributed by atoms with Crippen molar-refractivity contribution in [2.75, 3.05) is 22.2 Å². The second-order valence-corrected chi connectivity index (χ2v) is 8.21. The Kier molecular flexibility index (Phi) is 5.81. The minimum absolute atomic E-state index is 0.0682. The SMILES string of the molecule is Cc1cccc(N2C[C@H](C(=O)Nc3cccc(C(=O)Nn4c(C)ccc4C)c3)CC2=O)c1. The molecule has 3 amide bonds. The van der Waals surface area contributed by atoms with E-state index < -0.39 is 5.92 Å². The summed E-state index contributed by atoms with van der Waals surface area (Å²) in [6.07, 6.45) is 0.159. The quantitative estimate of drug-likeness (QED) is 0.646. The normalized spacial score (nSPS) is 15.7. The Morgan fingerprint density at radius 1 is 0.938 bits per heavy atom. The van der Waals surface area contributed by atoms with Crippen LogP contribution in [0.4, 0.5) is 11.4 Å². The summed E-state index contributed by atoms with van der Waals surface area (Å²) >= 11 is 0. The van der Waals surface area contributed by atoms with E-state index in [4.69, 9.17) is 0 Å². The van der Waals surface area contributed by atoms with E-state index >= 15 is 0 Å². The van der Waals surface area contributed by atoms with Crippen molar-refractivity contribution >= 4 is 29.1 Å². The first kappa shape index (κ1) is 21.4. The van der Waals surface area contributed by atoms with Gasteiger partial charge in [0.15, 0.2) is 0 Å². The van der Waals surface area contributed by atoms with Gasteiger partial charge in [0, 0.05) is 41.3 Å². The Morgan fingerprint density at radius 2 is 1.66 bits per heavy atom. The Labute approximate surface area is 187 Å². The lowest BCUT2D eigenvalue weighted by Crippen LogP contribution is -2.28. The Balaban J connectivity index is 1.43. The maximum absolute atomic E-state index is 12.8. The molecule has 3 aromatic rings. The van der Waals surface area contributed by atoms with Gasteiger partial charge in [-0.3, -0.25) is 24.5 Å². The van der Waals surface area contributed by atoms with E-state index in [1.165, 1.54) is 0 Å². The molecule has 0 radical (unpaired) electrons. The molecule has 7 heteroatoms. The monoisotopic (exact) mass is 430 g/mol. The van der Waals surface area contributed by atoms with Gasteiger partial charge in [0.25, 0.3) is 5.91 Å². The van der Waals surface area contributed by atoms with Crippen LogP contribution in [-0.2, 0) is 9.59 Å². The fourth-order valence-electron chi connectivity index (χ4n) is 3.92. The van der Waals surface area contributed by atoms with Crippen LogP contribution in [0.15, 0.2) is 60.7 Å². The van der Waals surface area contributed by atoms with Gasteiger partial charge in [-0.15, -0.1) is 0 Å². The topological polar surface area (TPSA) is 83.4 Å². The third-order valence-electron chi connectivity index (χ3n) is 5.69. The third kappa shape index (κ3) is 4.42. The predicted molar refractivity (Wildman–Crippen MR) is 124 cm³/mol. The lowest BCUT2D eigenvalue weighted by atomic mass is 10.1. The van der Waals surface area contributed by atoms with E-state index in [1.54, 1.807) is 33.8 Å². The van der Waals surface area contributed by atoms with Gasteiger partial charge in [-0.2, -0.15) is 0 Å². The van der Waals surface area contributed by atoms with Crippen LogP contribution >= 0.6 is 0 Å². The molecule has 2 N–H and O–H groups in total. The molecule has 1 aliphatic rings. The lowest BCUT2D eigenvalue weighted by Gasteiger charge is -2.17. The van der Waals surface area contributed by atoms with E-state index in [0.29, 0.717) is 17.8 Å². The number of anilines is 2. The zero-order valence-electron chi connectivity index (χ0n) is 18.4. The van der Waals surface area contributed by atoms with Crippen LogP contribution in [0.1, 0.15) is 33.7 Å². The van der Waals surface area contributed by atoms with E-state index in [-0.39, 0.29) is 24.1 Å². The highest BCUT2D eigenvalue weighted by Gasteiger charge is 2.35. The number of benzene rings is 2. The summed E-state index contributed by atoms with van der Waals surface area (Å²) in [5.74, 6) is -1.03. The number of hydrogen-bond acceptors (Lipinski definition) is 3. The first-order valence-corrected chi connectivity index (χ1v) is 10.6. The van der Waals surface area contributed by atoms with Crippen LogP contribution in [0.5, 0.6) is 0 Å². The molecule has 0 spiro atoms. The van der Waals surface area contributed by atoms with E-state index in [1.807, 2.05) is 57.2 Å². The van der Waals surface area contributed by atoms with E-state index in [0.717, 1.165) is 22.6 Å². The summed E-state index contributed by atoms with van der Waals surface area (Å²) in [5.41, 5.74) is 7.51. The van der Waals surface area contributed by atoms with Crippen LogP contribution in [-0.4, -0.2) is 28.9 Å². The van der Waals surface area contributed by atoms with Crippen molar-refractivity contribution in [2.45, 2.75) is 27.2 Å². The van der Waals surface area contributed by atoms with Gasteiger partial charge in [0.1, 0.15) is 0 Å². The lowest BCUT2D eigenvalue weighted by molar-refractivity contribution is -0.122. The van der Waals surface area contributed by atoms with Crippen LogP contribution in [0.3, 0.4) is 0 Å². The molecule has 0 aliphatic carbocycles. The van der Waals surface area contributed by atoms with Gasteiger partial charge in [0.05, 0.1) is 5.92 Å². The second-order valence-electron chi connectivity index (χ2n) is 8.21. The van der Waals surface area contributed by atoms with Crippen molar-refractivity contribution in [1.82, 2.24) is 4.68 Å². The zero-order valence-corrected chi connectivity index (χ0v) is 18.4. The minimum Gasteiger partial charge on any atom is -0.326 e. The van der Waals surface area contributed by atoms with Crippen molar-refractivity contribution in [2.24, 2.45) is 5.92 Å². The summed E-state index contributed by atoms with van der Waals surface area (Å²) in [4.78, 5) is 39.7. The molecule has 0 unspecified atom stereocenters. The fraction of sp³-hybridized carbons (Fsp3) is 0.240. The second kappa shape index (κ2) is 8.70. The maximum atomic E-state index is 12.8. The highest BCUT2D eigenvalue weighted by molar-refractivity contribution is 6.05. The summed E-state index contributed by atoms with van der Waals surface area (Å²) < 4.78 is 1.72. The number of nitrogens with one attached hydrogen (secondary N) is 2. The first-order valence-electron chi connectivity index (χ1n) is 10.6. The largest absolute Gasteiger partial charge is 0.326 e. The highest BCUT2D eigenvalue weighted by Crippen LogP contribution is 2.26. The Morgan fingerprint density at radius 3 is 2.38 bits per heavy atom. The zero-order chi connectivity index (χ0) is 22.8. The van der Waals surface area contributed by atoms with Crippen LogP contribution in [0.25, 0.3) is 0 Å². The number of nitrogens with zero attached hydrogens (tertiary/aromatic N) is 2. The van der Waals surface area contributed by atoms with E-state index in [9.17, 15) is 14.4 Å². The van der Waals surface area contributed by atoms with Crippen molar-refractivity contribution in [3.05, 3.63) is 83.2 Å². The molecule has 1 saturated heterocycles. The summed E-state index contributed by atoms with van der Waals surface area (Å²) in [7, 11) is 0. The summed E-state index contributed by atoms with van der Waals surface area (Å²) in [6, 6.07) is 18.3. The Hall–Kier alpha value is -3.87. The van der Waals surface area contributed by atoms with Crippen LogP contribution < -0.4 is 15.6 Å². The molecule has 1 aromatic heterocycles. The molecule has 1 atom stereocenters. The molecule has 1 aliphatic heterocycles. The van der Waals surface area contributed by atoms with Crippen LogP contribution in [0, 0.1) is 26.7 Å². The molecule has 32 heavy (non-hydrogen) atoms. The van der Waals surface area contributed by atoms with Gasteiger partial charge in [-0.1, -0.05) is 18.2 Å². The highest BCUT2D eigenvalue weighted by atomic mass is 16.2. The standard InChI is InChI=1S/C25H26N4O3/c1-16-6-4-9-22(12-16)28-15-20(14-23(28)30)24(31)26-21-8-5-7-19(13-21)25(32)27-29-17(2)10-11-18(29)3/h4-13,20H,14-15H2,1-3H3,(H,26,31)(H,27,32)/t20-/m1/s1. The van der Waals surface area contributed by atoms with Crippen molar-refractivity contribution in [3.63, 3.8) is 0 Å². The number of rotatable bonds is 5. The molecule has 0 bridgehead atoms. The molecule has 1 fully saturated rings. The molecule has 4 rings (SSSR count). The van der Waals surface area contributed by atoms with Gasteiger partial charge in [0.2, 0.25) is 11.8 Å². The van der Waals surface area contributed by atoms with Gasteiger partial charge >= 0.3 is 0 Å². The number of hydrogen-bond donors (Lipinski definition) is 2. The van der Waals surface area contributed by atoms with Crippen molar-refractivity contribution < 1.29 is 14.4 Å². The Bertz CT molecular complexity index is 1180. The number of carbonyl (C=O) groups is 3. The van der Waals surface area contributed by atoms with Crippen molar-refractivity contribution in [3.8, 4) is 0 Å². The molecule has 164 valence electrons. The van der Waals surface area contributed by atoms with Crippen molar-refractivity contribution in [1.29, 1.82) is 0 Å². The third-order valence-corrected chi connectivity index (χ3v) is 5.69.